The van der Waals surface area contributed by atoms with Gasteiger partial charge in [0.25, 0.3) is 17.7 Å². The van der Waals surface area contributed by atoms with Crippen LogP contribution in [0.15, 0.2) is 84.9 Å². The van der Waals surface area contributed by atoms with E-state index in [1.807, 2.05) is 30.3 Å². The Balaban J connectivity index is 0.787. The maximum Gasteiger partial charge on any atom is 0.419 e. The highest BCUT2D eigenvalue weighted by Crippen LogP contribution is 2.40. The van der Waals surface area contributed by atoms with Gasteiger partial charge in [-0.15, -0.1) is 0 Å². The number of carbonyl (C=O) groups is 5. The number of amides is 6. The van der Waals surface area contributed by atoms with Crippen molar-refractivity contribution in [3.05, 3.63) is 129 Å². The summed E-state index contributed by atoms with van der Waals surface area (Å²) in [5.41, 5.74) is 2.88. The van der Waals surface area contributed by atoms with Crippen LogP contribution < -0.4 is 25.2 Å². The molecule has 3 atom stereocenters. The van der Waals surface area contributed by atoms with Crippen LogP contribution in [-0.4, -0.2) is 135 Å². The molecule has 1 unspecified atom stereocenters. The van der Waals surface area contributed by atoms with Gasteiger partial charge in [-0.2, -0.15) is 28.4 Å². The van der Waals surface area contributed by atoms with Gasteiger partial charge in [0.1, 0.15) is 24.2 Å². The molecule has 10 rings (SSSR count). The number of para-hydroxylation sites is 1. The van der Waals surface area contributed by atoms with Crippen LogP contribution in [0.4, 0.5) is 29.5 Å². The molecule has 3 saturated heterocycles. The molecular weight excluding hydrogens is 1030 g/mol. The van der Waals surface area contributed by atoms with E-state index in [-0.39, 0.29) is 75.2 Å². The Kier molecular flexibility index (Phi) is 15.2. The number of likely N-dealkylation sites (tertiary alicyclic amines) is 2. The van der Waals surface area contributed by atoms with E-state index in [0.717, 1.165) is 64.1 Å². The number of halogens is 4. The lowest BCUT2D eigenvalue weighted by Gasteiger charge is -2.43. The number of nitrogens with zero attached hydrogens (tertiary/aromatic N) is 9. The van der Waals surface area contributed by atoms with E-state index in [4.69, 9.17) is 26.3 Å². The summed E-state index contributed by atoms with van der Waals surface area (Å²) < 4.78 is 46.1. The molecule has 1 aromatic heterocycles. The van der Waals surface area contributed by atoms with E-state index in [0.29, 0.717) is 60.2 Å². The summed E-state index contributed by atoms with van der Waals surface area (Å²) >= 11 is 6.78. The molecule has 3 N–H and O–H groups in total. The van der Waals surface area contributed by atoms with Crippen LogP contribution in [-0.2, 0) is 53.2 Å². The lowest BCUT2D eigenvalue weighted by Crippen LogP contribution is -2.58. The zero-order chi connectivity index (χ0) is 55.0. The van der Waals surface area contributed by atoms with E-state index in [1.54, 1.807) is 23.1 Å². The predicted molar refractivity (Wildman–Crippen MR) is 282 cm³/mol. The Labute approximate surface area is 453 Å². The quantitative estimate of drug-likeness (QED) is 0.0783. The summed E-state index contributed by atoms with van der Waals surface area (Å²) in [5, 5.41) is 27.9. The molecule has 0 aliphatic carbocycles. The van der Waals surface area contributed by atoms with Crippen molar-refractivity contribution >= 4 is 63.5 Å². The van der Waals surface area contributed by atoms with Gasteiger partial charge in [-0.05, 0) is 80.1 Å². The number of rotatable bonds is 14. The minimum Gasteiger partial charge on any atom is -0.507 e. The third kappa shape index (κ3) is 10.8. The molecule has 0 radical (unpaired) electrons. The summed E-state index contributed by atoms with van der Waals surface area (Å²) in [5.74, 6) is -2.41. The SMILES string of the molecule is C=C(CN1C(=O)CCC(N2Cc3cc(CNC(=O)NCc4cccc(C(F)(F)F)c4O)ccc3C2=O)C1=O)C(=O)N1CCN(c2nc(OC[C@H]3CCCN3C)nc3c2CCN(c2cccc4cccc(Cl)c24)C3)C[C@H]1CC#N. The second-order valence-electron chi connectivity index (χ2n) is 20.3. The van der Waals surface area contributed by atoms with E-state index < -0.39 is 65.8 Å². The molecule has 3 fully saturated rings. The molecule has 4 aromatic carbocycles. The molecule has 0 bridgehead atoms. The monoisotopic (exact) mass is 1090 g/mol. The molecule has 22 heteroatoms. The van der Waals surface area contributed by atoms with E-state index in [2.05, 4.69) is 51.1 Å². The summed E-state index contributed by atoms with van der Waals surface area (Å²) in [6.07, 6.45) is -2.12. The first kappa shape index (κ1) is 53.4. The van der Waals surface area contributed by atoms with Crippen molar-refractivity contribution in [1.82, 2.24) is 40.2 Å². The number of imide groups is 1. The first-order valence-corrected chi connectivity index (χ1v) is 26.3. The van der Waals surface area contributed by atoms with Crippen molar-refractivity contribution in [3.63, 3.8) is 0 Å². The summed E-state index contributed by atoms with van der Waals surface area (Å²) in [6, 6.07) is 20.4. The Morgan fingerprint density at radius 3 is 2.47 bits per heavy atom. The number of likely N-dealkylation sites (N-methyl/N-ethyl adjacent to an activating group) is 1. The second-order valence-corrected chi connectivity index (χ2v) is 20.7. The van der Waals surface area contributed by atoms with Gasteiger partial charge in [-0.1, -0.05) is 66.7 Å². The van der Waals surface area contributed by atoms with Gasteiger partial charge < -0.3 is 45.0 Å². The summed E-state index contributed by atoms with van der Waals surface area (Å²) in [6.45, 7) is 6.57. The number of piperazine rings is 1. The third-order valence-corrected chi connectivity index (χ3v) is 15.8. The van der Waals surface area contributed by atoms with Crippen LogP contribution >= 0.6 is 11.6 Å². The predicted octanol–water partition coefficient (Wildman–Crippen LogP) is 6.70. The lowest BCUT2D eigenvalue weighted by molar-refractivity contribution is -0.151. The van der Waals surface area contributed by atoms with Crippen LogP contribution in [0.2, 0.25) is 5.02 Å². The molecule has 0 saturated carbocycles. The number of nitriles is 1. The van der Waals surface area contributed by atoms with E-state index in [9.17, 15) is 47.5 Å². The largest absolute Gasteiger partial charge is 0.507 e. The van der Waals surface area contributed by atoms with E-state index in [1.165, 1.54) is 11.0 Å². The number of nitrogens with one attached hydrogen (secondary N) is 2. The molecule has 6 heterocycles. The lowest BCUT2D eigenvalue weighted by atomic mass is 10.00. The Morgan fingerprint density at radius 2 is 1.71 bits per heavy atom. The molecule has 78 heavy (non-hydrogen) atoms. The number of alkyl halides is 3. The van der Waals surface area contributed by atoms with Gasteiger partial charge in [0.05, 0.1) is 47.9 Å². The number of carbonyl (C=O) groups excluding carboxylic acids is 5. The average molecular weight is 1090 g/mol. The number of anilines is 2. The number of urea groups is 1. The first-order valence-electron chi connectivity index (χ1n) is 25.9. The van der Waals surface area contributed by atoms with Crippen LogP contribution in [0.3, 0.4) is 0 Å². The first-order chi connectivity index (χ1) is 37.5. The van der Waals surface area contributed by atoms with Gasteiger partial charge in [0.15, 0.2) is 0 Å². The molecule has 406 valence electrons. The minimum absolute atomic E-state index is 0.0171. The fourth-order valence-corrected chi connectivity index (χ4v) is 11.6. The number of aromatic hydroxyl groups is 1. The van der Waals surface area contributed by atoms with Crippen LogP contribution in [0.1, 0.15) is 76.0 Å². The Bertz CT molecular complexity index is 3280. The highest BCUT2D eigenvalue weighted by atomic mass is 35.5. The van der Waals surface area contributed by atoms with Crippen LogP contribution in [0.25, 0.3) is 10.8 Å². The second kappa shape index (κ2) is 22.2. The van der Waals surface area contributed by atoms with Gasteiger partial charge in [-0.25, -0.2) is 4.79 Å². The van der Waals surface area contributed by atoms with Crippen molar-refractivity contribution < 1.29 is 47.0 Å². The maximum atomic E-state index is 14.4. The summed E-state index contributed by atoms with van der Waals surface area (Å²) in [7, 11) is 2.08. The number of phenols is 1. The van der Waals surface area contributed by atoms with Crippen molar-refractivity contribution in [2.75, 3.05) is 62.7 Å². The topological polar surface area (TPSA) is 208 Å². The number of ether oxygens (including phenoxy) is 1. The third-order valence-electron chi connectivity index (χ3n) is 15.5. The Hall–Kier alpha value is -7.96. The van der Waals surface area contributed by atoms with Crippen molar-refractivity contribution in [2.24, 2.45) is 0 Å². The molecule has 5 aliphatic rings. The van der Waals surface area contributed by atoms with Gasteiger partial charge in [0.2, 0.25) is 5.91 Å². The molecule has 0 spiro atoms. The molecule has 5 aliphatic heterocycles. The van der Waals surface area contributed by atoms with Crippen molar-refractivity contribution in [2.45, 2.75) is 89.0 Å². The highest BCUT2D eigenvalue weighted by molar-refractivity contribution is 6.36. The molecule has 5 aromatic rings. The summed E-state index contributed by atoms with van der Waals surface area (Å²) in [4.78, 5) is 89.0. The number of benzene rings is 4. The molecule has 18 nitrogen and oxygen atoms in total. The number of piperidine rings is 1. The number of hydrogen-bond acceptors (Lipinski definition) is 13. The highest BCUT2D eigenvalue weighted by Gasteiger charge is 2.44. The van der Waals surface area contributed by atoms with Gasteiger partial charge >= 0.3 is 18.2 Å². The fraction of sp³-hybridized carbons (Fsp3) is 0.393. The zero-order valence-corrected chi connectivity index (χ0v) is 43.6. The zero-order valence-electron chi connectivity index (χ0n) is 42.8. The van der Waals surface area contributed by atoms with E-state index >= 15 is 0 Å². The molecular formula is C56H57ClF3N11O7. The smallest absolute Gasteiger partial charge is 0.419 e. The molecule has 6 amide bonds. The number of aromatic nitrogens is 2. The van der Waals surface area contributed by atoms with Gasteiger partial charge in [0, 0.05) is 91.6 Å². The minimum atomic E-state index is -4.77. The normalized spacial score (nSPS) is 19.7. The average Bonchev–Trinajstić information content (AvgIpc) is 4.14. The maximum absolute atomic E-state index is 14.4. The van der Waals surface area contributed by atoms with Crippen LogP contribution in [0.5, 0.6) is 11.8 Å². The number of phenolic OH excluding ortho intramolecular Hbond substituents is 1. The van der Waals surface area contributed by atoms with Crippen molar-refractivity contribution in [1.29, 1.82) is 5.26 Å². The number of hydrogen-bond donors (Lipinski definition) is 3. The van der Waals surface area contributed by atoms with Crippen LogP contribution in [0, 0.1) is 11.3 Å². The van der Waals surface area contributed by atoms with Gasteiger partial charge in [-0.3, -0.25) is 24.1 Å². The van der Waals surface area contributed by atoms with Crippen molar-refractivity contribution in [3.8, 4) is 17.8 Å². The standard InChI is InChI=1S/C56H57ClF3N11O7/c1-33(28-71-47(72)17-16-46(53(71)76)70-29-37-25-34(14-15-40(37)52(70)75)26-62-54(77)63-27-36-9-3-11-42(49(36)73)56(58,59)60)51(74)69-24-23-68(30-38(69)18-20-61)50-41-19-22-67(45-13-5-8-35-7-4-12-43(57)48(35)45)31-44(41)64-55(65-50)78-32-39-10-6-21-66(39)2/h3-5,7-9,11-15,25,38-39,46,73H,1,6,10,16-19,21-24,26-32H2,2H3,(H2,62,63,77)/t38-,39-,46?/m1/s1. The Morgan fingerprint density at radius 1 is 0.923 bits per heavy atom. The number of fused-ring (bicyclic) bond motifs is 3. The fourth-order valence-electron chi connectivity index (χ4n) is 11.3.